The van der Waals surface area contributed by atoms with Gasteiger partial charge in [0.25, 0.3) is 0 Å². The lowest BCUT2D eigenvalue weighted by atomic mass is 10.1. The van der Waals surface area contributed by atoms with Crippen molar-refractivity contribution in [3.05, 3.63) is 59.9 Å². The van der Waals surface area contributed by atoms with Crippen molar-refractivity contribution >= 4 is 0 Å². The number of aliphatic hydroxyl groups is 1. The number of hydrogen-bond donors (Lipinski definition) is 1. The fourth-order valence-corrected chi connectivity index (χ4v) is 1.46. The van der Waals surface area contributed by atoms with Gasteiger partial charge in [0, 0.05) is 18.0 Å². The van der Waals surface area contributed by atoms with Crippen LogP contribution in [0.4, 0.5) is 0 Å². The summed E-state index contributed by atoms with van der Waals surface area (Å²) >= 11 is 0. The Morgan fingerprint density at radius 2 is 2.00 bits per heavy atom. The van der Waals surface area contributed by atoms with Crippen LogP contribution in [0.5, 0.6) is 5.75 Å². The number of pyridine rings is 1. The minimum Gasteiger partial charge on any atom is -0.497 e. The molecule has 0 radical (unpaired) electrons. The van der Waals surface area contributed by atoms with Gasteiger partial charge in [-0.15, -0.1) is 0 Å². The molecule has 1 unspecified atom stereocenters. The highest BCUT2D eigenvalue weighted by Crippen LogP contribution is 2.16. The lowest BCUT2D eigenvalue weighted by Gasteiger charge is -2.04. The van der Waals surface area contributed by atoms with Crippen LogP contribution in [0.1, 0.15) is 17.2 Å². The van der Waals surface area contributed by atoms with Crippen LogP contribution in [0, 0.1) is 11.8 Å². The van der Waals surface area contributed by atoms with E-state index in [1.54, 1.807) is 43.8 Å². The molecular formula is C15H13NO2. The molecule has 1 N–H and O–H groups in total. The fraction of sp³-hybridized carbons (Fsp3) is 0.133. The van der Waals surface area contributed by atoms with Gasteiger partial charge in [-0.3, -0.25) is 4.98 Å². The van der Waals surface area contributed by atoms with Crippen molar-refractivity contribution in [2.75, 3.05) is 7.11 Å². The molecule has 1 aromatic heterocycles. The van der Waals surface area contributed by atoms with E-state index >= 15 is 0 Å². The molecule has 0 bridgehead atoms. The number of hydrogen-bond acceptors (Lipinski definition) is 3. The maximum Gasteiger partial charge on any atom is 0.140 e. The van der Waals surface area contributed by atoms with E-state index in [1.807, 2.05) is 12.1 Å². The maximum atomic E-state index is 9.91. The maximum absolute atomic E-state index is 9.91. The third kappa shape index (κ3) is 3.09. The Bertz CT molecular complexity index is 553. The number of nitrogens with zero attached hydrogens (tertiary/aromatic N) is 1. The van der Waals surface area contributed by atoms with Crippen LogP contribution in [-0.2, 0) is 0 Å². The van der Waals surface area contributed by atoms with Crippen molar-refractivity contribution in [2.24, 2.45) is 0 Å². The first kappa shape index (κ1) is 12.2. The van der Waals surface area contributed by atoms with Gasteiger partial charge in [-0.05, 0) is 29.8 Å². The second kappa shape index (κ2) is 5.85. The largest absolute Gasteiger partial charge is 0.497 e. The highest BCUT2D eigenvalue weighted by molar-refractivity contribution is 5.36. The highest BCUT2D eigenvalue weighted by atomic mass is 16.5. The van der Waals surface area contributed by atoms with E-state index in [9.17, 15) is 5.11 Å². The molecule has 0 spiro atoms. The predicted molar refractivity (Wildman–Crippen MR) is 69.1 cm³/mol. The van der Waals surface area contributed by atoms with Gasteiger partial charge in [-0.2, -0.15) is 0 Å². The van der Waals surface area contributed by atoms with Crippen LogP contribution in [0.15, 0.2) is 48.8 Å². The highest BCUT2D eigenvalue weighted by Gasteiger charge is 2.03. The molecular weight excluding hydrogens is 226 g/mol. The van der Waals surface area contributed by atoms with Crippen LogP contribution in [0.2, 0.25) is 0 Å². The van der Waals surface area contributed by atoms with Crippen LogP contribution in [-0.4, -0.2) is 17.2 Å². The topological polar surface area (TPSA) is 42.4 Å². The van der Waals surface area contributed by atoms with E-state index in [2.05, 4.69) is 16.8 Å². The number of methoxy groups -OCH3 is 1. The number of benzene rings is 1. The molecule has 3 heteroatoms. The normalized spacial score (nSPS) is 11.2. The lowest BCUT2D eigenvalue weighted by Crippen LogP contribution is -1.94. The third-order valence-corrected chi connectivity index (χ3v) is 2.45. The smallest absolute Gasteiger partial charge is 0.140 e. The van der Waals surface area contributed by atoms with Gasteiger partial charge in [-0.1, -0.05) is 24.0 Å². The monoisotopic (exact) mass is 239 g/mol. The molecule has 0 aliphatic carbocycles. The molecule has 0 saturated carbocycles. The first-order valence-electron chi connectivity index (χ1n) is 5.53. The molecule has 1 heterocycles. The van der Waals surface area contributed by atoms with Crippen molar-refractivity contribution in [3.63, 3.8) is 0 Å². The van der Waals surface area contributed by atoms with E-state index in [4.69, 9.17) is 4.74 Å². The van der Waals surface area contributed by atoms with Gasteiger partial charge in [0.2, 0.25) is 0 Å². The summed E-state index contributed by atoms with van der Waals surface area (Å²) in [5.74, 6) is 6.41. The number of ether oxygens (including phenoxy) is 1. The van der Waals surface area contributed by atoms with Gasteiger partial charge in [0.15, 0.2) is 0 Å². The zero-order valence-electron chi connectivity index (χ0n) is 10.00. The molecule has 18 heavy (non-hydrogen) atoms. The van der Waals surface area contributed by atoms with Crippen molar-refractivity contribution < 1.29 is 9.84 Å². The summed E-state index contributed by atoms with van der Waals surface area (Å²) in [6.45, 7) is 0. The first-order chi connectivity index (χ1) is 8.79. The first-order valence-corrected chi connectivity index (χ1v) is 5.53. The number of aromatic nitrogens is 1. The van der Waals surface area contributed by atoms with Gasteiger partial charge in [0.1, 0.15) is 11.9 Å². The summed E-state index contributed by atoms with van der Waals surface area (Å²) in [6, 6.07) is 10.8. The Labute approximate surface area is 106 Å². The average molecular weight is 239 g/mol. The minimum absolute atomic E-state index is 0.743. The molecule has 0 aliphatic heterocycles. The third-order valence-electron chi connectivity index (χ3n) is 2.45. The van der Waals surface area contributed by atoms with Gasteiger partial charge in [-0.25, -0.2) is 0 Å². The SMILES string of the molecule is COc1ccc(C(O)C#Cc2cccnc2)cc1. The van der Waals surface area contributed by atoms with Gasteiger partial charge >= 0.3 is 0 Å². The van der Waals surface area contributed by atoms with E-state index in [0.717, 1.165) is 16.9 Å². The molecule has 0 amide bonds. The zero-order valence-corrected chi connectivity index (χ0v) is 10.00. The minimum atomic E-state index is -0.809. The molecule has 1 atom stereocenters. The fourth-order valence-electron chi connectivity index (χ4n) is 1.46. The summed E-state index contributed by atoms with van der Waals surface area (Å²) in [7, 11) is 1.60. The molecule has 0 aliphatic rings. The van der Waals surface area contributed by atoms with Gasteiger partial charge in [0.05, 0.1) is 7.11 Å². The summed E-state index contributed by atoms with van der Waals surface area (Å²) in [6.07, 6.45) is 2.54. The van der Waals surface area contributed by atoms with E-state index < -0.39 is 6.10 Å². The van der Waals surface area contributed by atoms with Crippen molar-refractivity contribution in [1.82, 2.24) is 4.98 Å². The average Bonchev–Trinajstić information content (AvgIpc) is 2.46. The summed E-state index contributed by atoms with van der Waals surface area (Å²) in [5.41, 5.74) is 1.53. The van der Waals surface area contributed by atoms with Crippen molar-refractivity contribution in [3.8, 4) is 17.6 Å². The standard InChI is InChI=1S/C15H13NO2/c1-18-14-7-5-13(6-8-14)15(17)9-4-12-3-2-10-16-11-12/h2-3,5-8,10-11,15,17H,1H3. The lowest BCUT2D eigenvalue weighted by molar-refractivity contribution is 0.238. The zero-order chi connectivity index (χ0) is 12.8. The second-order valence-corrected chi connectivity index (χ2v) is 3.69. The summed E-state index contributed by atoms with van der Waals surface area (Å²) in [4.78, 5) is 3.96. The molecule has 2 rings (SSSR count). The molecule has 3 nitrogen and oxygen atoms in total. The van der Waals surface area contributed by atoms with E-state index in [-0.39, 0.29) is 0 Å². The Morgan fingerprint density at radius 1 is 1.22 bits per heavy atom. The quantitative estimate of drug-likeness (QED) is 0.817. The van der Waals surface area contributed by atoms with Crippen LogP contribution < -0.4 is 4.74 Å². The Hall–Kier alpha value is -2.31. The van der Waals surface area contributed by atoms with Gasteiger partial charge < -0.3 is 9.84 Å². The Kier molecular flexibility index (Phi) is 3.95. The molecule has 2 aromatic rings. The Morgan fingerprint density at radius 3 is 2.61 bits per heavy atom. The molecule has 0 saturated heterocycles. The van der Waals surface area contributed by atoms with Crippen LogP contribution >= 0.6 is 0 Å². The predicted octanol–water partition coefficient (Wildman–Crippen LogP) is 2.18. The molecule has 0 fully saturated rings. The van der Waals surface area contributed by atoms with E-state index in [1.165, 1.54) is 0 Å². The van der Waals surface area contributed by atoms with Crippen molar-refractivity contribution in [1.29, 1.82) is 0 Å². The summed E-state index contributed by atoms with van der Waals surface area (Å²) in [5, 5.41) is 9.91. The summed E-state index contributed by atoms with van der Waals surface area (Å²) < 4.78 is 5.05. The van der Waals surface area contributed by atoms with E-state index in [0.29, 0.717) is 0 Å². The number of rotatable bonds is 2. The van der Waals surface area contributed by atoms with Crippen molar-refractivity contribution in [2.45, 2.75) is 6.10 Å². The second-order valence-electron chi connectivity index (χ2n) is 3.69. The van der Waals surface area contributed by atoms with Crippen LogP contribution in [0.3, 0.4) is 0 Å². The molecule has 90 valence electrons. The Balaban J connectivity index is 2.12. The molecule has 1 aromatic carbocycles. The van der Waals surface area contributed by atoms with Crippen LogP contribution in [0.25, 0.3) is 0 Å². The number of aliphatic hydroxyl groups excluding tert-OH is 1.